The van der Waals surface area contributed by atoms with Crippen LogP contribution in [0.4, 0.5) is 5.00 Å². The van der Waals surface area contributed by atoms with Crippen molar-refractivity contribution >= 4 is 28.2 Å². The van der Waals surface area contributed by atoms with E-state index < -0.39 is 18.1 Å². The van der Waals surface area contributed by atoms with Crippen molar-refractivity contribution in [2.45, 2.75) is 65.0 Å². The third-order valence-corrected chi connectivity index (χ3v) is 7.97. The van der Waals surface area contributed by atoms with Crippen molar-refractivity contribution in [3.8, 4) is 0 Å². The van der Waals surface area contributed by atoms with Gasteiger partial charge in [-0.2, -0.15) is 0 Å². The van der Waals surface area contributed by atoms with Crippen LogP contribution in [0.5, 0.6) is 0 Å². The summed E-state index contributed by atoms with van der Waals surface area (Å²) in [4.78, 5) is 40.1. The first-order valence-electron chi connectivity index (χ1n) is 12.3. The van der Waals surface area contributed by atoms with E-state index in [1.54, 1.807) is 17.5 Å². The topological polar surface area (TPSA) is 91.6 Å². The van der Waals surface area contributed by atoms with E-state index in [9.17, 15) is 19.5 Å². The summed E-state index contributed by atoms with van der Waals surface area (Å²) in [7, 11) is 0. The van der Waals surface area contributed by atoms with Crippen LogP contribution >= 0.6 is 11.3 Å². The molecule has 1 saturated carbocycles. The Bertz CT molecular complexity index is 1090. The molecule has 2 fully saturated rings. The molecule has 2 N–H and O–H groups in total. The lowest BCUT2D eigenvalue weighted by atomic mass is 10.0. The number of carbonyl (C=O) groups is 2. The Labute approximate surface area is 204 Å². The van der Waals surface area contributed by atoms with Crippen LogP contribution in [0.15, 0.2) is 34.6 Å². The summed E-state index contributed by atoms with van der Waals surface area (Å²) in [6.45, 7) is 7.94. The molecular formula is C26H35N3O4S. The molecule has 1 amide bonds. The maximum atomic E-state index is 13.4. The lowest BCUT2D eigenvalue weighted by Crippen LogP contribution is -2.40. The van der Waals surface area contributed by atoms with Crippen LogP contribution in [0.25, 0.3) is 0 Å². The van der Waals surface area contributed by atoms with Crippen LogP contribution in [0.3, 0.4) is 0 Å². The number of anilines is 1. The maximum Gasteiger partial charge on any atom is 0.305 e. The SMILES string of the molecule is Cc1ccn([C@@H](CC(C)C)C(=O)N[C@H](CC(=O)O)c2csc(N3CC[C@H](C4CC4)C3)c2)c(=O)c1. The molecule has 2 aromatic rings. The zero-order chi connectivity index (χ0) is 24.4. The molecule has 34 heavy (non-hydrogen) atoms. The quantitative estimate of drug-likeness (QED) is 0.521. The molecule has 3 heterocycles. The van der Waals surface area contributed by atoms with Crippen LogP contribution in [0, 0.1) is 24.7 Å². The van der Waals surface area contributed by atoms with Gasteiger partial charge < -0.3 is 19.9 Å². The molecule has 0 aromatic carbocycles. The highest BCUT2D eigenvalue weighted by Gasteiger charge is 2.36. The molecule has 0 bridgehead atoms. The van der Waals surface area contributed by atoms with Gasteiger partial charge in [0.25, 0.3) is 5.56 Å². The van der Waals surface area contributed by atoms with Crippen LogP contribution in [0.2, 0.25) is 0 Å². The lowest BCUT2D eigenvalue weighted by molar-refractivity contribution is -0.138. The summed E-state index contributed by atoms with van der Waals surface area (Å²) in [6, 6.07) is 4.02. The van der Waals surface area contributed by atoms with Gasteiger partial charge in [-0.15, -0.1) is 11.3 Å². The third kappa shape index (κ3) is 5.90. The van der Waals surface area contributed by atoms with Crippen molar-refractivity contribution < 1.29 is 14.7 Å². The minimum absolute atomic E-state index is 0.184. The first-order valence-corrected chi connectivity index (χ1v) is 13.1. The predicted molar refractivity (Wildman–Crippen MR) is 134 cm³/mol. The molecule has 7 nitrogen and oxygen atoms in total. The molecule has 1 saturated heterocycles. The number of nitrogens with one attached hydrogen (secondary N) is 1. The number of hydrogen-bond donors (Lipinski definition) is 2. The molecule has 0 spiro atoms. The summed E-state index contributed by atoms with van der Waals surface area (Å²) in [5, 5.41) is 15.6. The van der Waals surface area contributed by atoms with Gasteiger partial charge in [0.15, 0.2) is 0 Å². The number of aromatic nitrogens is 1. The molecule has 1 aliphatic heterocycles. The number of carboxylic acid groups (broad SMARTS) is 1. The van der Waals surface area contributed by atoms with Gasteiger partial charge in [0.05, 0.1) is 17.5 Å². The highest BCUT2D eigenvalue weighted by Crippen LogP contribution is 2.43. The summed E-state index contributed by atoms with van der Waals surface area (Å²) in [6.07, 6.45) is 5.85. The predicted octanol–water partition coefficient (Wildman–Crippen LogP) is 4.37. The van der Waals surface area contributed by atoms with Crippen molar-refractivity contribution in [1.82, 2.24) is 9.88 Å². The molecule has 8 heteroatoms. The second kappa shape index (κ2) is 10.3. The van der Waals surface area contributed by atoms with E-state index in [0.717, 1.165) is 41.1 Å². The molecule has 184 valence electrons. The Kier molecular flexibility index (Phi) is 7.45. The Morgan fingerprint density at radius 1 is 1.21 bits per heavy atom. The van der Waals surface area contributed by atoms with Gasteiger partial charge in [-0.3, -0.25) is 14.4 Å². The minimum atomic E-state index is -0.971. The number of aryl methyl sites for hydroxylation is 1. The van der Waals surface area contributed by atoms with Gasteiger partial charge in [0.2, 0.25) is 5.91 Å². The number of thiophene rings is 1. The standard InChI is InChI=1S/C26H35N3O4S/c1-16(2)10-22(29-9-6-17(3)11-23(29)30)26(33)27-21(13-25(31)32)20-12-24(34-15-20)28-8-7-19(14-28)18-4-5-18/h6,9,11-12,15-16,18-19,21-22H,4-5,7-8,10,13-14H2,1-3H3,(H,27,33)(H,31,32)/t19-,21+,22-/m0/s1. The zero-order valence-corrected chi connectivity index (χ0v) is 21.0. The Morgan fingerprint density at radius 3 is 2.62 bits per heavy atom. The van der Waals surface area contributed by atoms with Crippen LogP contribution in [-0.2, 0) is 9.59 Å². The zero-order valence-electron chi connectivity index (χ0n) is 20.2. The first-order chi connectivity index (χ1) is 16.2. The second-order valence-corrected chi connectivity index (χ2v) is 11.2. The van der Waals surface area contributed by atoms with Crippen LogP contribution < -0.4 is 15.8 Å². The van der Waals surface area contributed by atoms with E-state index in [1.165, 1.54) is 29.9 Å². The molecular weight excluding hydrogens is 450 g/mol. The van der Waals surface area contributed by atoms with Crippen molar-refractivity contribution in [1.29, 1.82) is 0 Å². The highest BCUT2D eigenvalue weighted by molar-refractivity contribution is 7.14. The Balaban J connectivity index is 1.52. The van der Waals surface area contributed by atoms with E-state index in [-0.39, 0.29) is 23.8 Å². The van der Waals surface area contributed by atoms with Gasteiger partial charge in [-0.25, -0.2) is 0 Å². The van der Waals surface area contributed by atoms with E-state index in [0.29, 0.717) is 6.42 Å². The van der Waals surface area contributed by atoms with E-state index in [4.69, 9.17) is 0 Å². The third-order valence-electron chi connectivity index (χ3n) is 6.97. The average molecular weight is 486 g/mol. The van der Waals surface area contributed by atoms with Crippen molar-refractivity contribution in [3.05, 3.63) is 51.3 Å². The van der Waals surface area contributed by atoms with Gasteiger partial charge in [0, 0.05) is 25.4 Å². The molecule has 0 radical (unpaired) electrons. The van der Waals surface area contributed by atoms with Gasteiger partial charge in [0.1, 0.15) is 6.04 Å². The minimum Gasteiger partial charge on any atom is -0.481 e. The van der Waals surface area contributed by atoms with Gasteiger partial charge >= 0.3 is 5.97 Å². The number of nitrogens with zero attached hydrogens (tertiary/aromatic N) is 2. The number of pyridine rings is 1. The van der Waals surface area contributed by atoms with Crippen molar-refractivity contribution in [2.24, 2.45) is 17.8 Å². The molecule has 4 rings (SSSR count). The van der Waals surface area contributed by atoms with Crippen LogP contribution in [0.1, 0.15) is 69.2 Å². The van der Waals surface area contributed by atoms with E-state index in [1.807, 2.05) is 38.3 Å². The summed E-state index contributed by atoms with van der Waals surface area (Å²) < 4.78 is 1.46. The molecule has 3 atom stereocenters. The van der Waals surface area contributed by atoms with Crippen molar-refractivity contribution in [3.63, 3.8) is 0 Å². The smallest absolute Gasteiger partial charge is 0.305 e. The Morgan fingerprint density at radius 2 is 1.97 bits per heavy atom. The number of hydrogen-bond acceptors (Lipinski definition) is 5. The maximum absolute atomic E-state index is 13.4. The number of amides is 1. The fraction of sp³-hybridized carbons (Fsp3) is 0.577. The fourth-order valence-corrected chi connectivity index (χ4v) is 5.97. The number of aliphatic carboxylic acids is 1. The second-order valence-electron chi connectivity index (χ2n) is 10.3. The van der Waals surface area contributed by atoms with Crippen LogP contribution in [-0.4, -0.2) is 34.6 Å². The normalized spacial score (nSPS) is 19.9. The largest absolute Gasteiger partial charge is 0.481 e. The first kappa shape index (κ1) is 24.5. The van der Waals surface area contributed by atoms with Gasteiger partial charge in [-0.05, 0) is 79.0 Å². The molecule has 2 aliphatic rings. The summed E-state index contributed by atoms with van der Waals surface area (Å²) in [5.41, 5.74) is 1.42. The molecule has 1 aliphatic carbocycles. The molecule has 2 aromatic heterocycles. The number of carbonyl (C=O) groups excluding carboxylic acids is 1. The summed E-state index contributed by atoms with van der Waals surface area (Å²) in [5.74, 6) is 0.537. The fourth-order valence-electron chi connectivity index (χ4n) is 4.96. The van der Waals surface area contributed by atoms with Gasteiger partial charge in [-0.1, -0.05) is 13.8 Å². The average Bonchev–Trinajstić information content (AvgIpc) is 3.29. The van der Waals surface area contributed by atoms with E-state index >= 15 is 0 Å². The number of rotatable bonds is 10. The lowest BCUT2D eigenvalue weighted by Gasteiger charge is -2.24. The molecule has 0 unspecified atom stereocenters. The van der Waals surface area contributed by atoms with Crippen molar-refractivity contribution in [2.75, 3.05) is 18.0 Å². The number of carboxylic acids is 1. The monoisotopic (exact) mass is 485 g/mol. The summed E-state index contributed by atoms with van der Waals surface area (Å²) >= 11 is 1.61. The highest BCUT2D eigenvalue weighted by atomic mass is 32.1. The van der Waals surface area contributed by atoms with E-state index in [2.05, 4.69) is 10.2 Å². The Hall–Kier alpha value is -2.61.